The quantitative estimate of drug-likeness (QED) is 0.514. The van der Waals surface area contributed by atoms with Gasteiger partial charge in [0.1, 0.15) is 5.69 Å². The van der Waals surface area contributed by atoms with Crippen molar-refractivity contribution in [2.45, 2.75) is 6.42 Å². The van der Waals surface area contributed by atoms with E-state index in [4.69, 9.17) is 14.2 Å². The highest BCUT2D eigenvalue weighted by Gasteiger charge is 2.16. The minimum Gasteiger partial charge on any atom is -0.493 e. The summed E-state index contributed by atoms with van der Waals surface area (Å²) in [5, 5.41) is 6.62. The maximum absolute atomic E-state index is 12.5. The molecule has 8 heteroatoms. The minimum absolute atomic E-state index is 0.248. The average molecular weight is 423 g/mol. The molecule has 0 bridgehead atoms. The van der Waals surface area contributed by atoms with E-state index in [1.54, 1.807) is 18.2 Å². The lowest BCUT2D eigenvalue weighted by molar-refractivity contribution is 0.0948. The molecule has 3 aromatic rings. The van der Waals surface area contributed by atoms with Gasteiger partial charge in [-0.25, -0.2) is 4.98 Å². The molecular formula is C23H25N3O5. The predicted molar refractivity (Wildman–Crippen MR) is 117 cm³/mol. The first-order chi connectivity index (χ1) is 15.1. The maximum Gasteiger partial charge on any atom is 0.269 e. The van der Waals surface area contributed by atoms with Crippen molar-refractivity contribution in [1.82, 2.24) is 15.6 Å². The molecule has 1 aromatic heterocycles. The molecule has 8 nitrogen and oxygen atoms in total. The number of nitrogens with one attached hydrogen (secondary N) is 2. The van der Waals surface area contributed by atoms with E-state index in [2.05, 4.69) is 15.6 Å². The van der Waals surface area contributed by atoms with Crippen molar-refractivity contribution >= 4 is 22.7 Å². The second kappa shape index (κ2) is 10.3. The fourth-order valence-electron chi connectivity index (χ4n) is 3.09. The van der Waals surface area contributed by atoms with Crippen LogP contribution in [0.5, 0.6) is 17.2 Å². The Balaban J connectivity index is 1.50. The van der Waals surface area contributed by atoms with Gasteiger partial charge in [0.05, 0.1) is 26.8 Å². The molecule has 2 aromatic carbocycles. The Kier molecular flexibility index (Phi) is 7.26. The molecule has 2 amide bonds. The Labute approximate surface area is 180 Å². The second-order valence-electron chi connectivity index (χ2n) is 6.67. The predicted octanol–water partition coefficient (Wildman–Crippen LogP) is 2.81. The smallest absolute Gasteiger partial charge is 0.269 e. The topological polar surface area (TPSA) is 98.8 Å². The van der Waals surface area contributed by atoms with Crippen molar-refractivity contribution in [3.63, 3.8) is 0 Å². The monoisotopic (exact) mass is 423 g/mol. The van der Waals surface area contributed by atoms with Gasteiger partial charge in [-0.15, -0.1) is 0 Å². The lowest BCUT2D eigenvalue weighted by Crippen LogP contribution is -2.30. The molecule has 3 rings (SSSR count). The molecule has 1 heterocycles. The molecule has 0 unspecified atom stereocenters. The zero-order chi connectivity index (χ0) is 22.2. The lowest BCUT2D eigenvalue weighted by Gasteiger charge is -2.14. The summed E-state index contributed by atoms with van der Waals surface area (Å²) >= 11 is 0. The molecule has 0 spiro atoms. The zero-order valence-electron chi connectivity index (χ0n) is 17.7. The third-order valence-corrected chi connectivity index (χ3v) is 4.68. The number of carbonyl (C=O) groups is 2. The summed E-state index contributed by atoms with van der Waals surface area (Å²) in [7, 11) is 4.49. The molecule has 0 aliphatic carbocycles. The molecule has 0 saturated heterocycles. The van der Waals surface area contributed by atoms with Crippen molar-refractivity contribution in [2.24, 2.45) is 0 Å². The molecule has 0 radical (unpaired) electrons. The molecule has 0 saturated carbocycles. The van der Waals surface area contributed by atoms with Crippen molar-refractivity contribution in [3.8, 4) is 17.2 Å². The van der Waals surface area contributed by atoms with Gasteiger partial charge in [-0.1, -0.05) is 24.3 Å². The molecule has 31 heavy (non-hydrogen) atoms. The van der Waals surface area contributed by atoms with E-state index in [1.165, 1.54) is 21.3 Å². The van der Waals surface area contributed by atoms with Gasteiger partial charge >= 0.3 is 0 Å². The number of benzene rings is 2. The van der Waals surface area contributed by atoms with Gasteiger partial charge in [-0.05, 0) is 30.7 Å². The van der Waals surface area contributed by atoms with Crippen LogP contribution in [0.2, 0.25) is 0 Å². The standard InChI is InChI=1S/C23H25N3O5/c1-29-19-13-16(14-20(30-2)21(19)31-3)22(27)24-11-6-12-25-23(28)18-10-9-15-7-4-5-8-17(15)26-18/h4-5,7-10,13-14H,6,11-12H2,1-3H3,(H,24,27)(H,25,28). The first-order valence-corrected chi connectivity index (χ1v) is 9.79. The molecule has 0 fully saturated rings. The molecular weight excluding hydrogens is 398 g/mol. The van der Waals surface area contributed by atoms with Crippen molar-refractivity contribution in [2.75, 3.05) is 34.4 Å². The molecule has 162 valence electrons. The first kappa shape index (κ1) is 21.9. The summed E-state index contributed by atoms with van der Waals surface area (Å²) in [6.45, 7) is 0.795. The number of para-hydroxylation sites is 1. The first-order valence-electron chi connectivity index (χ1n) is 9.79. The fraction of sp³-hybridized carbons (Fsp3) is 0.261. The average Bonchev–Trinajstić information content (AvgIpc) is 2.82. The van der Waals surface area contributed by atoms with Gasteiger partial charge in [0.25, 0.3) is 11.8 Å². The number of fused-ring (bicyclic) bond motifs is 1. The van der Waals surface area contributed by atoms with E-state index < -0.39 is 0 Å². The van der Waals surface area contributed by atoms with E-state index in [0.717, 1.165) is 10.9 Å². The Bertz CT molecular complexity index is 1060. The van der Waals surface area contributed by atoms with E-state index in [-0.39, 0.29) is 11.8 Å². The van der Waals surface area contributed by atoms with Crippen molar-refractivity contribution < 1.29 is 23.8 Å². The highest BCUT2D eigenvalue weighted by Crippen LogP contribution is 2.38. The summed E-state index contributed by atoms with van der Waals surface area (Å²) in [6, 6.07) is 14.4. The van der Waals surface area contributed by atoms with E-state index in [0.29, 0.717) is 48.0 Å². The van der Waals surface area contributed by atoms with Crippen LogP contribution in [0.4, 0.5) is 0 Å². The van der Waals surface area contributed by atoms with Gasteiger partial charge in [0.2, 0.25) is 5.75 Å². The fourth-order valence-corrected chi connectivity index (χ4v) is 3.09. The molecule has 2 N–H and O–H groups in total. The van der Waals surface area contributed by atoms with E-state index >= 15 is 0 Å². The number of pyridine rings is 1. The summed E-state index contributed by atoms with van der Waals surface area (Å²) in [4.78, 5) is 29.1. The maximum atomic E-state index is 12.5. The number of rotatable bonds is 9. The third-order valence-electron chi connectivity index (χ3n) is 4.68. The number of aromatic nitrogens is 1. The Hall–Kier alpha value is -3.81. The van der Waals surface area contributed by atoms with E-state index in [1.807, 2.05) is 30.3 Å². The summed E-state index contributed by atoms with van der Waals surface area (Å²) in [6.07, 6.45) is 0.565. The minimum atomic E-state index is -0.276. The number of nitrogens with zero attached hydrogens (tertiary/aromatic N) is 1. The van der Waals surface area contributed by atoms with Gasteiger partial charge in [0, 0.05) is 24.0 Å². The van der Waals surface area contributed by atoms with Crippen molar-refractivity contribution in [1.29, 1.82) is 0 Å². The van der Waals surface area contributed by atoms with Crippen LogP contribution < -0.4 is 24.8 Å². The van der Waals surface area contributed by atoms with Crippen molar-refractivity contribution in [3.05, 3.63) is 59.8 Å². The summed E-state index contributed by atoms with van der Waals surface area (Å²) in [5.74, 6) is 0.708. The van der Waals surface area contributed by atoms with Gasteiger partial charge < -0.3 is 24.8 Å². The third kappa shape index (κ3) is 5.22. The summed E-state index contributed by atoms with van der Waals surface area (Å²) < 4.78 is 15.8. The van der Waals surface area contributed by atoms with Crippen LogP contribution in [0, 0.1) is 0 Å². The largest absolute Gasteiger partial charge is 0.493 e. The number of ether oxygens (including phenoxy) is 3. The highest BCUT2D eigenvalue weighted by atomic mass is 16.5. The van der Waals surface area contributed by atoms with Crippen LogP contribution in [0.1, 0.15) is 27.3 Å². The molecule has 0 aliphatic rings. The zero-order valence-corrected chi connectivity index (χ0v) is 17.7. The highest BCUT2D eigenvalue weighted by molar-refractivity contribution is 5.96. The Morgan fingerprint density at radius 2 is 1.48 bits per heavy atom. The number of hydrogen-bond donors (Lipinski definition) is 2. The van der Waals surface area contributed by atoms with Crippen LogP contribution in [0.15, 0.2) is 48.5 Å². The molecule has 0 atom stereocenters. The van der Waals surface area contributed by atoms with Gasteiger partial charge in [-0.3, -0.25) is 9.59 Å². The summed E-state index contributed by atoms with van der Waals surface area (Å²) in [5.41, 5.74) is 1.52. The lowest BCUT2D eigenvalue weighted by atomic mass is 10.1. The van der Waals surface area contributed by atoms with Crippen LogP contribution in [-0.4, -0.2) is 51.2 Å². The normalized spacial score (nSPS) is 10.4. The second-order valence-corrected chi connectivity index (χ2v) is 6.67. The number of carbonyl (C=O) groups excluding carboxylic acids is 2. The number of hydrogen-bond acceptors (Lipinski definition) is 6. The van der Waals surface area contributed by atoms with Crippen LogP contribution in [-0.2, 0) is 0 Å². The van der Waals surface area contributed by atoms with Crippen LogP contribution in [0.3, 0.4) is 0 Å². The van der Waals surface area contributed by atoms with Crippen LogP contribution >= 0.6 is 0 Å². The van der Waals surface area contributed by atoms with Gasteiger partial charge in [-0.2, -0.15) is 0 Å². The van der Waals surface area contributed by atoms with E-state index in [9.17, 15) is 9.59 Å². The Morgan fingerprint density at radius 3 is 2.13 bits per heavy atom. The number of methoxy groups -OCH3 is 3. The molecule has 0 aliphatic heterocycles. The Morgan fingerprint density at radius 1 is 0.839 bits per heavy atom. The van der Waals surface area contributed by atoms with Crippen LogP contribution in [0.25, 0.3) is 10.9 Å². The number of amides is 2. The van der Waals surface area contributed by atoms with Gasteiger partial charge in [0.15, 0.2) is 11.5 Å². The SMILES string of the molecule is COc1cc(C(=O)NCCCNC(=O)c2ccc3ccccc3n2)cc(OC)c1OC.